The molecule has 0 fully saturated rings. The first-order valence-electron chi connectivity index (χ1n) is 4.32. The molecule has 0 atom stereocenters. The first-order valence-corrected chi connectivity index (χ1v) is 4.68. The molecule has 14 heavy (non-hydrogen) atoms. The average Bonchev–Trinajstić information content (AvgIpc) is 2.26. The van der Waals surface area contributed by atoms with E-state index in [2.05, 4.69) is 23.7 Å². The highest BCUT2D eigenvalue weighted by Crippen LogP contribution is 2.12. The fourth-order valence-electron chi connectivity index (χ4n) is 1.12. The quantitative estimate of drug-likeness (QED) is 0.460. The van der Waals surface area contributed by atoms with E-state index in [-0.39, 0.29) is 0 Å². The summed E-state index contributed by atoms with van der Waals surface area (Å²) in [6, 6.07) is 7.84. The summed E-state index contributed by atoms with van der Waals surface area (Å²) in [6.07, 6.45) is 5.26. The number of hydrogen-bond donors (Lipinski definition) is 1. The average molecular weight is 207 g/mol. The largest absolute Gasteiger partial charge is 0.372 e. The Labute approximate surface area is 90.5 Å². The van der Waals surface area contributed by atoms with E-state index in [0.717, 1.165) is 17.8 Å². The maximum atomic E-state index is 5.26. The predicted octanol–water partition coefficient (Wildman–Crippen LogP) is 1.97. The zero-order valence-electron chi connectivity index (χ0n) is 8.10. The molecule has 0 aliphatic rings. The van der Waals surface area contributed by atoms with Gasteiger partial charge in [0.05, 0.1) is 6.61 Å². The second kappa shape index (κ2) is 5.58. The van der Waals surface area contributed by atoms with Gasteiger partial charge in [-0.2, -0.15) is 0 Å². The van der Waals surface area contributed by atoms with Crippen molar-refractivity contribution in [3.8, 4) is 12.3 Å². The number of rotatable bonds is 4. The lowest BCUT2D eigenvalue weighted by Gasteiger charge is -2.18. The molecule has 0 unspecified atom stereocenters. The van der Waals surface area contributed by atoms with Gasteiger partial charge in [-0.25, -0.2) is 0 Å². The lowest BCUT2D eigenvalue weighted by atomic mass is 10.2. The van der Waals surface area contributed by atoms with Gasteiger partial charge in [-0.3, -0.25) is 0 Å². The molecular formula is C11H13NOS. The van der Waals surface area contributed by atoms with Gasteiger partial charge in [0.2, 0.25) is 0 Å². The van der Waals surface area contributed by atoms with Gasteiger partial charge >= 0.3 is 0 Å². The van der Waals surface area contributed by atoms with Crippen LogP contribution in [-0.2, 0) is 4.18 Å². The van der Waals surface area contributed by atoms with E-state index < -0.39 is 0 Å². The van der Waals surface area contributed by atoms with Crippen LogP contribution in [0.15, 0.2) is 24.3 Å². The Balaban J connectivity index is 2.63. The summed E-state index contributed by atoms with van der Waals surface area (Å²) in [5.41, 5.74) is 2.02. The standard InChI is InChI=1S/C11H13NOS/c1-3-10-4-6-11(7-5-10)12(2)8-9-13-14/h1,4-7,14H,8-9H2,2H3. The summed E-state index contributed by atoms with van der Waals surface area (Å²) < 4.78 is 4.70. The molecule has 0 spiro atoms. The van der Waals surface area contributed by atoms with E-state index in [9.17, 15) is 0 Å². The molecule has 1 aromatic carbocycles. The number of terminal acetylenes is 1. The van der Waals surface area contributed by atoms with Gasteiger partial charge in [-0.1, -0.05) is 5.92 Å². The maximum absolute atomic E-state index is 5.26. The fraction of sp³-hybridized carbons (Fsp3) is 0.273. The molecule has 3 heteroatoms. The summed E-state index contributed by atoms with van der Waals surface area (Å²) in [5.74, 6) is 2.58. The van der Waals surface area contributed by atoms with E-state index in [4.69, 9.17) is 10.6 Å². The maximum Gasteiger partial charge on any atom is 0.0785 e. The van der Waals surface area contributed by atoms with E-state index in [0.29, 0.717) is 6.61 Å². The Bertz CT molecular complexity index is 315. The summed E-state index contributed by atoms with van der Waals surface area (Å²) in [7, 11) is 2.00. The van der Waals surface area contributed by atoms with Crippen LogP contribution in [0.25, 0.3) is 0 Å². The Kier molecular flexibility index (Phi) is 4.37. The second-order valence-electron chi connectivity index (χ2n) is 2.95. The summed E-state index contributed by atoms with van der Waals surface area (Å²) in [6.45, 7) is 1.40. The lowest BCUT2D eigenvalue weighted by Crippen LogP contribution is -2.21. The summed E-state index contributed by atoms with van der Waals surface area (Å²) >= 11 is 3.69. The molecule has 74 valence electrons. The third kappa shape index (κ3) is 2.99. The van der Waals surface area contributed by atoms with Gasteiger partial charge in [-0.05, 0) is 37.2 Å². The number of benzene rings is 1. The Morgan fingerprint density at radius 1 is 1.43 bits per heavy atom. The van der Waals surface area contributed by atoms with Crippen LogP contribution in [0.1, 0.15) is 5.56 Å². The van der Waals surface area contributed by atoms with Crippen LogP contribution in [0.3, 0.4) is 0 Å². The Morgan fingerprint density at radius 3 is 2.57 bits per heavy atom. The molecule has 0 saturated carbocycles. The number of thiol groups is 1. The normalized spacial score (nSPS) is 9.50. The smallest absolute Gasteiger partial charge is 0.0785 e. The monoisotopic (exact) mass is 207 g/mol. The topological polar surface area (TPSA) is 12.5 Å². The highest BCUT2D eigenvalue weighted by molar-refractivity contribution is 7.75. The van der Waals surface area contributed by atoms with Crippen molar-refractivity contribution in [1.29, 1.82) is 0 Å². The molecule has 2 nitrogen and oxygen atoms in total. The molecule has 0 radical (unpaired) electrons. The van der Waals surface area contributed by atoms with Crippen LogP contribution in [0.5, 0.6) is 0 Å². The summed E-state index contributed by atoms with van der Waals surface area (Å²) in [5, 5.41) is 0. The SMILES string of the molecule is C#Cc1ccc(N(C)CCOS)cc1. The molecule has 0 N–H and O–H groups in total. The van der Waals surface area contributed by atoms with Crippen molar-refractivity contribution in [2.24, 2.45) is 0 Å². The Hall–Kier alpha value is -1.11. The van der Waals surface area contributed by atoms with Gasteiger partial charge in [0.25, 0.3) is 0 Å². The third-order valence-electron chi connectivity index (χ3n) is 1.99. The van der Waals surface area contributed by atoms with Crippen LogP contribution in [0.4, 0.5) is 5.69 Å². The van der Waals surface area contributed by atoms with Gasteiger partial charge < -0.3 is 9.08 Å². The van der Waals surface area contributed by atoms with Crippen molar-refractivity contribution in [1.82, 2.24) is 0 Å². The number of hydrogen-bond acceptors (Lipinski definition) is 3. The van der Waals surface area contributed by atoms with Crippen LogP contribution in [0.2, 0.25) is 0 Å². The van der Waals surface area contributed by atoms with Crippen LogP contribution < -0.4 is 4.90 Å². The summed E-state index contributed by atoms with van der Waals surface area (Å²) in [4.78, 5) is 2.08. The van der Waals surface area contributed by atoms with Crippen LogP contribution in [-0.4, -0.2) is 20.2 Å². The minimum Gasteiger partial charge on any atom is -0.372 e. The van der Waals surface area contributed by atoms with Crippen molar-refractivity contribution < 1.29 is 4.18 Å². The predicted molar refractivity (Wildman–Crippen MR) is 62.6 cm³/mol. The molecule has 1 aromatic rings. The molecule has 0 heterocycles. The fourth-order valence-corrected chi connectivity index (χ4v) is 1.20. The molecular weight excluding hydrogens is 194 g/mol. The highest BCUT2D eigenvalue weighted by atomic mass is 32.1. The number of anilines is 1. The number of likely N-dealkylation sites (N-methyl/N-ethyl adjacent to an activating group) is 1. The molecule has 0 aromatic heterocycles. The molecule has 0 bridgehead atoms. The minimum atomic E-state index is 0.594. The van der Waals surface area contributed by atoms with Gasteiger partial charge in [-0.15, -0.1) is 6.42 Å². The van der Waals surface area contributed by atoms with E-state index in [1.807, 2.05) is 31.3 Å². The van der Waals surface area contributed by atoms with E-state index in [1.54, 1.807) is 0 Å². The van der Waals surface area contributed by atoms with Gasteiger partial charge in [0, 0.05) is 24.8 Å². The van der Waals surface area contributed by atoms with E-state index >= 15 is 0 Å². The molecule has 0 amide bonds. The first-order chi connectivity index (χ1) is 6.77. The van der Waals surface area contributed by atoms with Gasteiger partial charge in [0.1, 0.15) is 0 Å². The second-order valence-corrected chi connectivity index (χ2v) is 3.20. The minimum absolute atomic E-state index is 0.594. The van der Waals surface area contributed by atoms with Crippen molar-refractivity contribution in [3.05, 3.63) is 29.8 Å². The third-order valence-corrected chi connectivity index (χ3v) is 2.18. The molecule has 1 rings (SSSR count). The zero-order chi connectivity index (χ0) is 10.4. The van der Waals surface area contributed by atoms with Gasteiger partial charge in [0.15, 0.2) is 0 Å². The van der Waals surface area contributed by atoms with Crippen LogP contribution >= 0.6 is 12.9 Å². The van der Waals surface area contributed by atoms with Crippen molar-refractivity contribution in [2.45, 2.75) is 0 Å². The van der Waals surface area contributed by atoms with E-state index in [1.165, 1.54) is 0 Å². The molecule has 0 aliphatic carbocycles. The van der Waals surface area contributed by atoms with Crippen molar-refractivity contribution in [2.75, 3.05) is 25.1 Å². The lowest BCUT2D eigenvalue weighted by molar-refractivity contribution is 0.391. The van der Waals surface area contributed by atoms with Crippen molar-refractivity contribution >= 4 is 18.6 Å². The molecule has 0 aliphatic heterocycles. The van der Waals surface area contributed by atoms with Crippen LogP contribution in [0, 0.1) is 12.3 Å². The first kappa shape index (κ1) is 11.0. The number of nitrogens with zero attached hydrogens (tertiary/aromatic N) is 1. The van der Waals surface area contributed by atoms with Crippen molar-refractivity contribution in [3.63, 3.8) is 0 Å². The highest BCUT2D eigenvalue weighted by Gasteiger charge is 1.99. The Morgan fingerprint density at radius 2 is 2.07 bits per heavy atom. The zero-order valence-corrected chi connectivity index (χ0v) is 9.00. The molecule has 0 saturated heterocycles.